The van der Waals surface area contributed by atoms with E-state index < -0.39 is 10.0 Å². The molecule has 0 unspecified atom stereocenters. The highest BCUT2D eigenvalue weighted by atomic mass is 32.2. The smallest absolute Gasteiger partial charge is 0.254 e. The van der Waals surface area contributed by atoms with E-state index in [1.807, 2.05) is 0 Å². The van der Waals surface area contributed by atoms with Gasteiger partial charge >= 0.3 is 0 Å². The van der Waals surface area contributed by atoms with Gasteiger partial charge in [0.2, 0.25) is 10.0 Å². The summed E-state index contributed by atoms with van der Waals surface area (Å²) in [6.45, 7) is 2.46. The Morgan fingerprint density at radius 1 is 0.926 bits per heavy atom. The summed E-state index contributed by atoms with van der Waals surface area (Å²) in [5, 5.41) is 0. The number of Topliss-reactive ketones (excluding diaryl/α,β-unsaturated/α-hetero) is 1. The van der Waals surface area contributed by atoms with Gasteiger partial charge in [0.05, 0.1) is 4.90 Å². The first-order chi connectivity index (χ1) is 12.8. The number of piperazine rings is 1. The van der Waals surface area contributed by atoms with Crippen LogP contribution in [0.4, 0.5) is 5.69 Å². The molecule has 0 atom stereocenters. The second-order valence-electron chi connectivity index (χ2n) is 6.40. The molecule has 2 aromatic rings. The molecule has 0 saturated carbocycles. The molecule has 1 amide bonds. The van der Waals surface area contributed by atoms with Gasteiger partial charge in [0.1, 0.15) is 0 Å². The monoisotopic (exact) mass is 387 g/mol. The van der Waals surface area contributed by atoms with Crippen molar-refractivity contribution in [3.05, 3.63) is 59.7 Å². The lowest BCUT2D eigenvalue weighted by molar-refractivity contribution is 0.0698. The van der Waals surface area contributed by atoms with Crippen molar-refractivity contribution in [1.29, 1.82) is 0 Å². The van der Waals surface area contributed by atoms with Crippen molar-refractivity contribution in [3.63, 3.8) is 0 Å². The minimum absolute atomic E-state index is 0.118. The predicted molar refractivity (Wildman–Crippen MR) is 102 cm³/mol. The molecule has 0 aliphatic carbocycles. The van der Waals surface area contributed by atoms with Crippen LogP contribution in [0.25, 0.3) is 0 Å². The number of nitrogens with zero attached hydrogens (tertiary/aromatic N) is 2. The number of hydrogen-bond acceptors (Lipinski definition) is 5. The Kier molecular flexibility index (Phi) is 5.29. The summed E-state index contributed by atoms with van der Waals surface area (Å²) in [6, 6.07) is 12.6. The third-order valence-corrected chi connectivity index (χ3v) is 6.47. The zero-order valence-electron chi connectivity index (χ0n) is 15.0. The standard InChI is InChI=1S/C19H21N3O4S/c1-14(23)15-5-7-18(8-6-15)27(25,26)22-11-9-21(10-12-22)19(24)16-3-2-4-17(20)13-16/h2-8,13H,9-12,20H2,1H3. The van der Waals surface area contributed by atoms with Gasteiger partial charge in [-0.05, 0) is 37.3 Å². The maximum Gasteiger partial charge on any atom is 0.254 e. The maximum atomic E-state index is 12.8. The molecule has 8 heteroatoms. The van der Waals surface area contributed by atoms with E-state index in [1.165, 1.54) is 35.5 Å². The van der Waals surface area contributed by atoms with Crippen molar-refractivity contribution >= 4 is 27.4 Å². The van der Waals surface area contributed by atoms with Crippen molar-refractivity contribution in [1.82, 2.24) is 9.21 Å². The topological polar surface area (TPSA) is 101 Å². The van der Waals surface area contributed by atoms with Crippen molar-refractivity contribution in [3.8, 4) is 0 Å². The molecule has 1 fully saturated rings. The van der Waals surface area contributed by atoms with Gasteiger partial charge in [0, 0.05) is 43.0 Å². The number of ketones is 1. The highest BCUT2D eigenvalue weighted by Gasteiger charge is 2.30. The van der Waals surface area contributed by atoms with Crippen molar-refractivity contribution in [2.45, 2.75) is 11.8 Å². The number of anilines is 1. The van der Waals surface area contributed by atoms with Crippen molar-refractivity contribution < 1.29 is 18.0 Å². The number of carbonyl (C=O) groups excluding carboxylic acids is 2. The van der Waals surface area contributed by atoms with Gasteiger partial charge < -0.3 is 10.6 Å². The van der Waals surface area contributed by atoms with Gasteiger partial charge in [-0.15, -0.1) is 0 Å². The third-order valence-electron chi connectivity index (χ3n) is 4.56. The van der Waals surface area contributed by atoms with Gasteiger partial charge in [0.25, 0.3) is 5.91 Å². The van der Waals surface area contributed by atoms with Crippen LogP contribution in [-0.2, 0) is 10.0 Å². The summed E-state index contributed by atoms with van der Waals surface area (Å²) in [6.07, 6.45) is 0. The molecule has 3 rings (SSSR count). The molecule has 1 heterocycles. The molecule has 27 heavy (non-hydrogen) atoms. The molecule has 0 bridgehead atoms. The van der Waals surface area contributed by atoms with Crippen molar-refractivity contribution in [2.75, 3.05) is 31.9 Å². The fraction of sp³-hybridized carbons (Fsp3) is 0.263. The molecule has 0 aromatic heterocycles. The molecule has 1 saturated heterocycles. The van der Waals surface area contributed by atoms with E-state index in [1.54, 1.807) is 29.2 Å². The highest BCUT2D eigenvalue weighted by Crippen LogP contribution is 2.19. The normalized spacial score (nSPS) is 15.5. The average molecular weight is 387 g/mol. The minimum Gasteiger partial charge on any atom is -0.399 e. The van der Waals surface area contributed by atoms with Crippen LogP contribution in [0.5, 0.6) is 0 Å². The molecular weight excluding hydrogens is 366 g/mol. The molecular formula is C19H21N3O4S. The largest absolute Gasteiger partial charge is 0.399 e. The number of hydrogen-bond donors (Lipinski definition) is 1. The van der Waals surface area contributed by atoms with E-state index in [4.69, 9.17) is 5.73 Å². The SMILES string of the molecule is CC(=O)c1ccc(S(=O)(=O)N2CCN(C(=O)c3cccc(N)c3)CC2)cc1. The van der Waals surface area contributed by atoms with E-state index in [2.05, 4.69) is 0 Å². The maximum absolute atomic E-state index is 12.8. The third kappa shape index (κ3) is 4.01. The van der Waals surface area contributed by atoms with Crippen LogP contribution < -0.4 is 5.73 Å². The summed E-state index contributed by atoms with van der Waals surface area (Å²) >= 11 is 0. The van der Waals surface area contributed by atoms with Gasteiger partial charge in [0.15, 0.2) is 5.78 Å². The fourth-order valence-electron chi connectivity index (χ4n) is 3.00. The Balaban J connectivity index is 1.69. The van der Waals surface area contributed by atoms with Crippen molar-refractivity contribution in [2.24, 2.45) is 0 Å². The molecule has 142 valence electrons. The summed E-state index contributed by atoms with van der Waals surface area (Å²) in [5.74, 6) is -0.280. The van der Waals surface area contributed by atoms with Crippen LogP contribution in [0.15, 0.2) is 53.4 Å². The number of sulfonamides is 1. The number of benzene rings is 2. The summed E-state index contributed by atoms with van der Waals surface area (Å²) in [4.78, 5) is 25.7. The molecule has 0 spiro atoms. The Bertz CT molecular complexity index is 963. The van der Waals surface area contributed by atoms with Gasteiger partial charge in [-0.2, -0.15) is 4.31 Å². The van der Waals surface area contributed by atoms with Gasteiger partial charge in [-0.3, -0.25) is 9.59 Å². The second-order valence-corrected chi connectivity index (χ2v) is 8.34. The Hall–Kier alpha value is -2.71. The lowest BCUT2D eigenvalue weighted by Crippen LogP contribution is -2.50. The van der Waals surface area contributed by atoms with E-state index >= 15 is 0 Å². The second kappa shape index (κ2) is 7.50. The number of nitrogen functional groups attached to an aromatic ring is 1. The van der Waals surface area contributed by atoms with Crippen LogP contribution in [0, 0.1) is 0 Å². The fourth-order valence-corrected chi connectivity index (χ4v) is 4.42. The first-order valence-corrected chi connectivity index (χ1v) is 9.99. The number of rotatable bonds is 4. The summed E-state index contributed by atoms with van der Waals surface area (Å²) in [7, 11) is -3.66. The summed E-state index contributed by atoms with van der Waals surface area (Å²) in [5.41, 5.74) is 7.19. The molecule has 1 aliphatic heterocycles. The van der Waals surface area contributed by atoms with Crippen LogP contribution in [-0.4, -0.2) is 55.5 Å². The summed E-state index contributed by atoms with van der Waals surface area (Å²) < 4.78 is 26.9. The Morgan fingerprint density at radius 2 is 1.56 bits per heavy atom. The zero-order valence-corrected chi connectivity index (χ0v) is 15.8. The lowest BCUT2D eigenvalue weighted by atomic mass is 10.1. The van der Waals surface area contributed by atoms with Crippen LogP contribution in [0.3, 0.4) is 0 Å². The highest BCUT2D eigenvalue weighted by molar-refractivity contribution is 7.89. The van der Waals surface area contributed by atoms with E-state index in [9.17, 15) is 18.0 Å². The first-order valence-electron chi connectivity index (χ1n) is 8.55. The minimum atomic E-state index is -3.66. The number of amides is 1. The predicted octanol–water partition coefficient (Wildman–Crippen LogP) is 1.62. The quantitative estimate of drug-likeness (QED) is 0.635. The lowest BCUT2D eigenvalue weighted by Gasteiger charge is -2.34. The molecule has 7 nitrogen and oxygen atoms in total. The Morgan fingerprint density at radius 3 is 2.11 bits per heavy atom. The van der Waals surface area contributed by atoms with E-state index in [0.717, 1.165) is 0 Å². The van der Waals surface area contributed by atoms with Gasteiger partial charge in [-0.1, -0.05) is 18.2 Å². The number of nitrogens with two attached hydrogens (primary N) is 1. The molecule has 2 aromatic carbocycles. The average Bonchev–Trinajstić information content (AvgIpc) is 2.67. The van der Waals surface area contributed by atoms with Gasteiger partial charge in [-0.25, -0.2) is 8.42 Å². The van der Waals surface area contributed by atoms with Crippen LogP contribution in [0.1, 0.15) is 27.6 Å². The molecule has 0 radical (unpaired) electrons. The molecule has 1 aliphatic rings. The van der Waals surface area contributed by atoms with Crippen LogP contribution >= 0.6 is 0 Å². The molecule has 2 N–H and O–H groups in total. The zero-order chi connectivity index (χ0) is 19.6. The number of carbonyl (C=O) groups is 2. The Labute approximate surface area is 158 Å². The van der Waals surface area contributed by atoms with E-state index in [-0.39, 0.29) is 29.7 Å². The first kappa shape index (κ1) is 19.1. The van der Waals surface area contributed by atoms with Crippen LogP contribution in [0.2, 0.25) is 0 Å². The van der Waals surface area contributed by atoms with E-state index in [0.29, 0.717) is 29.9 Å².